The zero-order chi connectivity index (χ0) is 12.2. The van der Waals surface area contributed by atoms with Crippen LogP contribution < -0.4 is 10.6 Å². The Labute approximate surface area is 99.1 Å². The van der Waals surface area contributed by atoms with Gasteiger partial charge in [0.1, 0.15) is 0 Å². The van der Waals surface area contributed by atoms with Gasteiger partial charge >= 0.3 is 0 Å². The van der Waals surface area contributed by atoms with Gasteiger partial charge in [0.2, 0.25) is 5.91 Å². The fraction of sp³-hybridized carbons (Fsp3) is 0.917. The minimum absolute atomic E-state index is 0.0425. The summed E-state index contributed by atoms with van der Waals surface area (Å²) in [6.07, 6.45) is 2.12. The van der Waals surface area contributed by atoms with E-state index in [0.717, 1.165) is 26.0 Å². The van der Waals surface area contributed by atoms with Crippen molar-refractivity contribution in [2.75, 3.05) is 32.8 Å². The van der Waals surface area contributed by atoms with Crippen molar-refractivity contribution in [2.24, 2.45) is 5.92 Å². The van der Waals surface area contributed by atoms with Gasteiger partial charge < -0.3 is 15.4 Å². The summed E-state index contributed by atoms with van der Waals surface area (Å²) < 4.78 is 5.39. The Morgan fingerprint density at radius 1 is 1.25 bits per heavy atom. The van der Waals surface area contributed by atoms with Crippen LogP contribution in [0.3, 0.4) is 0 Å². The van der Waals surface area contributed by atoms with E-state index < -0.39 is 0 Å². The van der Waals surface area contributed by atoms with Crippen molar-refractivity contribution in [3.63, 3.8) is 0 Å². The monoisotopic (exact) mass is 230 g/mol. The first-order valence-corrected chi connectivity index (χ1v) is 6.22. The number of ether oxygens (including phenoxy) is 1. The van der Waals surface area contributed by atoms with E-state index in [1.165, 1.54) is 0 Å². The predicted octanol–water partition coefficient (Wildman–Crippen LogP) is 1.16. The van der Waals surface area contributed by atoms with Crippen LogP contribution in [0.25, 0.3) is 0 Å². The highest BCUT2D eigenvalue weighted by atomic mass is 16.5. The second-order valence-electron chi connectivity index (χ2n) is 4.32. The van der Waals surface area contributed by atoms with Crippen LogP contribution in [-0.2, 0) is 9.53 Å². The standard InChI is InChI=1S/C12H26N2O2/c1-4-6-13-10-12(15)14-7-9-16-8-5-11(2)3/h11,13H,4-10H2,1-3H3,(H,14,15). The lowest BCUT2D eigenvalue weighted by molar-refractivity contribution is -0.120. The molecular formula is C12H26N2O2. The SMILES string of the molecule is CCCNCC(=O)NCCOCCC(C)C. The summed E-state index contributed by atoms with van der Waals surface area (Å²) in [5.74, 6) is 0.716. The Hall–Kier alpha value is -0.610. The molecule has 0 spiro atoms. The molecule has 0 aromatic heterocycles. The molecule has 2 N–H and O–H groups in total. The average molecular weight is 230 g/mol. The van der Waals surface area contributed by atoms with Gasteiger partial charge in [-0.15, -0.1) is 0 Å². The molecule has 0 saturated carbocycles. The maximum absolute atomic E-state index is 11.2. The first-order chi connectivity index (χ1) is 7.66. The number of hydrogen-bond donors (Lipinski definition) is 2. The summed E-state index contributed by atoms with van der Waals surface area (Å²) in [6, 6.07) is 0. The number of amides is 1. The van der Waals surface area contributed by atoms with Crippen molar-refractivity contribution < 1.29 is 9.53 Å². The minimum atomic E-state index is 0.0425. The molecule has 0 radical (unpaired) electrons. The highest BCUT2D eigenvalue weighted by Crippen LogP contribution is 1.98. The topological polar surface area (TPSA) is 50.4 Å². The molecule has 0 saturated heterocycles. The maximum Gasteiger partial charge on any atom is 0.234 e. The van der Waals surface area contributed by atoms with E-state index in [2.05, 4.69) is 31.4 Å². The van der Waals surface area contributed by atoms with Crippen LogP contribution in [0, 0.1) is 5.92 Å². The molecule has 0 heterocycles. The van der Waals surface area contributed by atoms with Crippen LogP contribution in [-0.4, -0.2) is 38.8 Å². The van der Waals surface area contributed by atoms with E-state index in [1.54, 1.807) is 0 Å². The fourth-order valence-corrected chi connectivity index (χ4v) is 1.12. The van der Waals surface area contributed by atoms with Gasteiger partial charge in [-0.1, -0.05) is 20.8 Å². The third-order valence-corrected chi connectivity index (χ3v) is 2.12. The highest BCUT2D eigenvalue weighted by Gasteiger charge is 1.99. The second-order valence-corrected chi connectivity index (χ2v) is 4.32. The Kier molecular flexibility index (Phi) is 10.5. The fourth-order valence-electron chi connectivity index (χ4n) is 1.12. The van der Waals surface area contributed by atoms with Crippen molar-refractivity contribution in [2.45, 2.75) is 33.6 Å². The first kappa shape index (κ1) is 15.4. The van der Waals surface area contributed by atoms with Crippen LogP contribution in [0.1, 0.15) is 33.6 Å². The largest absolute Gasteiger partial charge is 0.380 e. The summed E-state index contributed by atoms with van der Waals surface area (Å²) in [4.78, 5) is 11.2. The Morgan fingerprint density at radius 3 is 2.62 bits per heavy atom. The average Bonchev–Trinajstić information content (AvgIpc) is 2.23. The molecule has 0 aromatic carbocycles. The zero-order valence-electron chi connectivity index (χ0n) is 10.8. The third kappa shape index (κ3) is 11.5. The summed E-state index contributed by atoms with van der Waals surface area (Å²) in [5, 5.41) is 5.85. The molecule has 0 aromatic rings. The lowest BCUT2D eigenvalue weighted by Crippen LogP contribution is -2.35. The highest BCUT2D eigenvalue weighted by molar-refractivity contribution is 5.77. The number of carbonyl (C=O) groups is 1. The van der Waals surface area contributed by atoms with Crippen molar-refractivity contribution >= 4 is 5.91 Å². The molecule has 0 fully saturated rings. The molecule has 0 bridgehead atoms. The molecule has 0 atom stereocenters. The molecule has 1 amide bonds. The maximum atomic E-state index is 11.2. The van der Waals surface area contributed by atoms with E-state index in [1.807, 2.05) is 0 Å². The van der Waals surface area contributed by atoms with Gasteiger partial charge in [0.25, 0.3) is 0 Å². The van der Waals surface area contributed by atoms with Crippen LogP contribution >= 0.6 is 0 Å². The van der Waals surface area contributed by atoms with Crippen LogP contribution in [0.4, 0.5) is 0 Å². The van der Waals surface area contributed by atoms with Gasteiger partial charge in [0.05, 0.1) is 13.2 Å². The van der Waals surface area contributed by atoms with Crippen molar-refractivity contribution in [3.8, 4) is 0 Å². The number of hydrogen-bond acceptors (Lipinski definition) is 3. The van der Waals surface area contributed by atoms with E-state index >= 15 is 0 Å². The molecule has 4 nitrogen and oxygen atoms in total. The molecule has 96 valence electrons. The van der Waals surface area contributed by atoms with Gasteiger partial charge in [-0.25, -0.2) is 0 Å². The van der Waals surface area contributed by atoms with Gasteiger partial charge in [-0.3, -0.25) is 4.79 Å². The summed E-state index contributed by atoms with van der Waals surface area (Å²) in [5.41, 5.74) is 0. The molecule has 0 aliphatic heterocycles. The quantitative estimate of drug-likeness (QED) is 0.554. The minimum Gasteiger partial charge on any atom is -0.380 e. The third-order valence-electron chi connectivity index (χ3n) is 2.12. The number of rotatable bonds is 10. The van der Waals surface area contributed by atoms with Crippen molar-refractivity contribution in [3.05, 3.63) is 0 Å². The predicted molar refractivity (Wildman–Crippen MR) is 66.4 cm³/mol. The Morgan fingerprint density at radius 2 is 2.00 bits per heavy atom. The number of carbonyl (C=O) groups excluding carboxylic acids is 1. The van der Waals surface area contributed by atoms with E-state index in [4.69, 9.17) is 4.74 Å². The second kappa shape index (κ2) is 10.9. The van der Waals surface area contributed by atoms with Gasteiger partial charge in [0.15, 0.2) is 0 Å². The molecule has 0 aliphatic carbocycles. The molecule has 0 unspecified atom stereocenters. The van der Waals surface area contributed by atoms with Crippen molar-refractivity contribution in [1.82, 2.24) is 10.6 Å². The smallest absolute Gasteiger partial charge is 0.234 e. The van der Waals surface area contributed by atoms with Crippen LogP contribution in [0.2, 0.25) is 0 Å². The van der Waals surface area contributed by atoms with Crippen LogP contribution in [0.15, 0.2) is 0 Å². The normalized spacial score (nSPS) is 10.8. The van der Waals surface area contributed by atoms with Gasteiger partial charge in [-0.2, -0.15) is 0 Å². The molecule has 0 aliphatic rings. The Balaban J connectivity index is 3.15. The van der Waals surface area contributed by atoms with Crippen molar-refractivity contribution in [1.29, 1.82) is 0 Å². The van der Waals surface area contributed by atoms with E-state index in [-0.39, 0.29) is 5.91 Å². The first-order valence-electron chi connectivity index (χ1n) is 6.22. The van der Waals surface area contributed by atoms with Gasteiger partial charge in [0, 0.05) is 13.2 Å². The Bertz CT molecular complexity index is 172. The molecular weight excluding hydrogens is 204 g/mol. The summed E-state index contributed by atoms with van der Waals surface area (Å²) in [6.45, 7) is 9.69. The summed E-state index contributed by atoms with van der Waals surface area (Å²) in [7, 11) is 0. The molecule has 0 rings (SSSR count). The summed E-state index contributed by atoms with van der Waals surface area (Å²) >= 11 is 0. The molecule has 16 heavy (non-hydrogen) atoms. The lowest BCUT2D eigenvalue weighted by Gasteiger charge is -2.08. The zero-order valence-corrected chi connectivity index (χ0v) is 10.8. The van der Waals surface area contributed by atoms with Gasteiger partial charge in [-0.05, 0) is 25.3 Å². The van der Waals surface area contributed by atoms with Crippen LogP contribution in [0.5, 0.6) is 0 Å². The number of nitrogens with one attached hydrogen (secondary N) is 2. The van der Waals surface area contributed by atoms with E-state index in [9.17, 15) is 4.79 Å². The lowest BCUT2D eigenvalue weighted by atomic mass is 10.1. The van der Waals surface area contributed by atoms with E-state index in [0.29, 0.717) is 25.6 Å². The molecule has 4 heteroatoms.